The third-order valence-corrected chi connectivity index (χ3v) is 7.24. The van der Waals surface area contributed by atoms with Gasteiger partial charge in [-0.25, -0.2) is 13.9 Å². The predicted molar refractivity (Wildman–Crippen MR) is 124 cm³/mol. The van der Waals surface area contributed by atoms with Crippen LogP contribution in [0.4, 0.5) is 4.39 Å². The van der Waals surface area contributed by atoms with Crippen LogP contribution in [0.2, 0.25) is 0 Å². The zero-order chi connectivity index (χ0) is 22.8. The van der Waals surface area contributed by atoms with Crippen molar-refractivity contribution >= 4 is 5.78 Å². The van der Waals surface area contributed by atoms with Gasteiger partial charge in [0.25, 0.3) is 0 Å². The van der Waals surface area contributed by atoms with E-state index in [4.69, 9.17) is 0 Å². The maximum absolute atomic E-state index is 13.7. The highest BCUT2D eigenvalue weighted by molar-refractivity contribution is 6.04. The smallest absolute Gasteiger partial charge is 0.301 e. The molecular weight excluding hydrogens is 419 g/mol. The first-order chi connectivity index (χ1) is 16.1. The van der Waals surface area contributed by atoms with E-state index in [9.17, 15) is 14.0 Å². The number of halogens is 1. The molecule has 0 N–H and O–H groups in total. The van der Waals surface area contributed by atoms with Gasteiger partial charge >= 0.3 is 5.69 Å². The number of Topliss-reactive ketones (excluding diaryl/α,β-unsaturated/α-hetero) is 1. The lowest BCUT2D eigenvalue weighted by atomic mass is 9.68. The fraction of sp³-hybridized carbons (Fsp3) is 0.423. The first-order valence-electron chi connectivity index (χ1n) is 11.8. The first kappa shape index (κ1) is 21.8. The summed E-state index contributed by atoms with van der Waals surface area (Å²) in [5, 5.41) is 4.54. The Morgan fingerprint density at radius 1 is 0.939 bits per heavy atom. The van der Waals surface area contributed by atoms with Gasteiger partial charge in [0, 0.05) is 25.1 Å². The van der Waals surface area contributed by atoms with E-state index in [1.54, 1.807) is 16.8 Å². The molecule has 1 saturated heterocycles. The number of aromatic nitrogens is 3. The van der Waals surface area contributed by atoms with Gasteiger partial charge in [0.2, 0.25) is 0 Å². The van der Waals surface area contributed by atoms with Crippen molar-refractivity contribution in [2.45, 2.75) is 50.6 Å². The number of likely N-dealkylation sites (tertiary alicyclic amines) is 1. The molecule has 0 aliphatic carbocycles. The van der Waals surface area contributed by atoms with Crippen LogP contribution in [-0.4, -0.2) is 44.7 Å². The topological polar surface area (TPSA) is 60.1 Å². The van der Waals surface area contributed by atoms with Crippen molar-refractivity contribution in [3.05, 3.63) is 87.9 Å². The van der Waals surface area contributed by atoms with Crippen molar-refractivity contribution in [1.29, 1.82) is 0 Å². The van der Waals surface area contributed by atoms with Crippen molar-refractivity contribution in [2.24, 2.45) is 0 Å². The molecule has 172 valence electrons. The Balaban J connectivity index is 1.31. The van der Waals surface area contributed by atoms with E-state index in [1.807, 2.05) is 34.9 Å². The summed E-state index contributed by atoms with van der Waals surface area (Å²) in [5.41, 5.74) is 0.924. The van der Waals surface area contributed by atoms with Gasteiger partial charge in [0.1, 0.15) is 11.6 Å². The van der Waals surface area contributed by atoms with E-state index in [-0.39, 0.29) is 17.3 Å². The lowest BCUT2D eigenvalue weighted by molar-refractivity contribution is 0.0765. The van der Waals surface area contributed by atoms with Gasteiger partial charge < -0.3 is 4.90 Å². The molecule has 0 unspecified atom stereocenters. The summed E-state index contributed by atoms with van der Waals surface area (Å²) < 4.78 is 16.8. The molecule has 3 aromatic rings. The Bertz CT molecular complexity index is 1180. The molecule has 5 rings (SSSR count). The van der Waals surface area contributed by atoms with Gasteiger partial charge in [-0.1, -0.05) is 30.3 Å². The van der Waals surface area contributed by atoms with Crippen molar-refractivity contribution in [3.8, 4) is 0 Å². The molecule has 7 heteroatoms. The number of hydrogen-bond acceptors (Lipinski definition) is 4. The van der Waals surface area contributed by atoms with E-state index in [1.165, 1.54) is 12.1 Å². The minimum Gasteiger partial charge on any atom is -0.301 e. The number of piperidine rings is 1. The van der Waals surface area contributed by atoms with Crippen LogP contribution in [0.1, 0.15) is 47.4 Å². The highest BCUT2D eigenvalue weighted by Gasteiger charge is 2.43. The SMILES string of the molecule is O=C(c1ccc(F)cc1)C1(c2ccccc2)CCN(CCn2nc3n(c2=O)CCCC3)CC1. The number of carbonyl (C=O) groups excluding carboxylic acids is 1. The molecule has 2 aliphatic heterocycles. The number of carbonyl (C=O) groups is 1. The van der Waals surface area contributed by atoms with Gasteiger partial charge in [-0.15, -0.1) is 0 Å². The number of fused-ring (bicyclic) bond motifs is 1. The van der Waals surface area contributed by atoms with Crippen molar-refractivity contribution in [1.82, 2.24) is 19.2 Å². The highest BCUT2D eigenvalue weighted by Crippen LogP contribution is 2.38. The molecule has 2 aromatic carbocycles. The van der Waals surface area contributed by atoms with Gasteiger partial charge in [-0.2, -0.15) is 5.10 Å². The Kier molecular flexibility index (Phi) is 5.98. The number of rotatable bonds is 6. The van der Waals surface area contributed by atoms with Crippen molar-refractivity contribution in [2.75, 3.05) is 19.6 Å². The second-order valence-corrected chi connectivity index (χ2v) is 9.16. The maximum atomic E-state index is 13.7. The van der Waals surface area contributed by atoms with E-state index in [0.29, 0.717) is 24.9 Å². The highest BCUT2D eigenvalue weighted by atomic mass is 19.1. The number of nitrogens with zero attached hydrogens (tertiary/aromatic N) is 4. The minimum absolute atomic E-state index is 0.00757. The average molecular weight is 449 g/mol. The first-order valence-corrected chi connectivity index (χ1v) is 11.8. The number of ketones is 1. The van der Waals surface area contributed by atoms with Gasteiger partial charge in [-0.3, -0.25) is 9.36 Å². The Hall–Kier alpha value is -3.06. The molecule has 1 aromatic heterocycles. The standard InChI is InChI=1S/C26H29FN4O2/c27-22-11-9-20(10-12-22)24(32)26(21-6-2-1-3-7-21)13-16-29(17-14-26)18-19-31-25(33)30-15-5-4-8-23(30)28-31/h1-3,6-7,9-12H,4-5,8,13-19H2. The number of benzene rings is 2. The van der Waals surface area contributed by atoms with E-state index < -0.39 is 5.41 Å². The zero-order valence-corrected chi connectivity index (χ0v) is 18.8. The summed E-state index contributed by atoms with van der Waals surface area (Å²) in [6.45, 7) is 3.56. The third-order valence-electron chi connectivity index (χ3n) is 7.24. The van der Waals surface area contributed by atoms with Crippen LogP contribution >= 0.6 is 0 Å². The molecule has 6 nitrogen and oxygen atoms in total. The monoisotopic (exact) mass is 448 g/mol. The Morgan fingerprint density at radius 3 is 2.36 bits per heavy atom. The van der Waals surface area contributed by atoms with Crippen LogP contribution in [-0.2, 0) is 24.9 Å². The summed E-state index contributed by atoms with van der Waals surface area (Å²) in [6.07, 6.45) is 4.36. The second kappa shape index (κ2) is 9.06. The maximum Gasteiger partial charge on any atom is 0.345 e. The molecule has 33 heavy (non-hydrogen) atoms. The Morgan fingerprint density at radius 2 is 1.67 bits per heavy atom. The second-order valence-electron chi connectivity index (χ2n) is 9.16. The lowest BCUT2D eigenvalue weighted by Gasteiger charge is -2.41. The molecule has 0 amide bonds. The molecule has 0 spiro atoms. The molecule has 0 bridgehead atoms. The Labute approximate surface area is 192 Å². The number of aryl methyl sites for hydroxylation is 1. The molecule has 0 atom stereocenters. The molecule has 0 saturated carbocycles. The summed E-state index contributed by atoms with van der Waals surface area (Å²) in [6, 6.07) is 15.8. The summed E-state index contributed by atoms with van der Waals surface area (Å²) in [4.78, 5) is 28.6. The average Bonchev–Trinajstić information content (AvgIpc) is 3.19. The van der Waals surface area contributed by atoms with Crippen LogP contribution in [0.3, 0.4) is 0 Å². The van der Waals surface area contributed by atoms with Crippen LogP contribution in [0.25, 0.3) is 0 Å². The van der Waals surface area contributed by atoms with Crippen molar-refractivity contribution in [3.63, 3.8) is 0 Å². The third kappa shape index (κ3) is 4.17. The van der Waals surface area contributed by atoms with Crippen LogP contribution in [0.15, 0.2) is 59.4 Å². The fourth-order valence-corrected chi connectivity index (χ4v) is 5.27. The van der Waals surface area contributed by atoms with Gasteiger partial charge in [0.15, 0.2) is 5.78 Å². The molecular formula is C26H29FN4O2. The lowest BCUT2D eigenvalue weighted by Crippen LogP contribution is -2.48. The molecule has 3 heterocycles. The summed E-state index contributed by atoms with van der Waals surface area (Å²) in [7, 11) is 0. The van der Waals surface area contributed by atoms with Gasteiger partial charge in [0.05, 0.1) is 12.0 Å². The van der Waals surface area contributed by atoms with E-state index in [0.717, 1.165) is 56.8 Å². The molecule has 1 fully saturated rings. The predicted octanol–water partition coefficient (Wildman–Crippen LogP) is 3.44. The fourth-order valence-electron chi connectivity index (χ4n) is 5.27. The summed E-state index contributed by atoms with van der Waals surface area (Å²) >= 11 is 0. The van der Waals surface area contributed by atoms with Crippen LogP contribution in [0, 0.1) is 5.82 Å². The van der Waals surface area contributed by atoms with Gasteiger partial charge in [-0.05, 0) is 68.6 Å². The normalized spacial score (nSPS) is 18.1. The van der Waals surface area contributed by atoms with Crippen molar-refractivity contribution < 1.29 is 9.18 Å². The summed E-state index contributed by atoms with van der Waals surface area (Å²) in [5.74, 6) is 0.607. The van der Waals surface area contributed by atoms with E-state index >= 15 is 0 Å². The molecule has 0 radical (unpaired) electrons. The number of hydrogen-bond donors (Lipinski definition) is 0. The van der Waals surface area contributed by atoms with Crippen LogP contribution in [0.5, 0.6) is 0 Å². The zero-order valence-electron chi connectivity index (χ0n) is 18.8. The van der Waals surface area contributed by atoms with E-state index in [2.05, 4.69) is 10.00 Å². The quantitative estimate of drug-likeness (QED) is 0.542. The largest absolute Gasteiger partial charge is 0.345 e. The molecule has 2 aliphatic rings. The van der Waals surface area contributed by atoms with Crippen LogP contribution < -0.4 is 5.69 Å². The minimum atomic E-state index is -0.625.